The summed E-state index contributed by atoms with van der Waals surface area (Å²) in [6.07, 6.45) is 11.2. The van der Waals surface area contributed by atoms with E-state index in [1.807, 2.05) is 0 Å². The first kappa shape index (κ1) is 15.8. The molecule has 1 saturated heterocycles. The molecule has 9 atom stereocenters. The van der Waals surface area contributed by atoms with E-state index in [1.54, 1.807) is 5.57 Å². The fourth-order valence-electron chi connectivity index (χ4n) is 7.98. The van der Waals surface area contributed by atoms with Gasteiger partial charge in [-0.3, -0.25) is 4.84 Å². The Hall–Kier alpha value is -0.380. The van der Waals surface area contributed by atoms with Crippen molar-refractivity contribution in [2.45, 2.75) is 84.0 Å². The number of hydroxylamine groups is 1. The van der Waals surface area contributed by atoms with Crippen molar-refractivity contribution in [2.24, 2.45) is 34.5 Å². The van der Waals surface area contributed by atoms with Gasteiger partial charge < -0.3 is 5.11 Å². The zero-order valence-electron chi connectivity index (χ0n) is 15.4. The van der Waals surface area contributed by atoms with Gasteiger partial charge in [-0.15, -0.1) is 0 Å². The van der Waals surface area contributed by atoms with Gasteiger partial charge in [0.25, 0.3) is 0 Å². The molecule has 5 rings (SSSR count). The maximum Gasteiger partial charge on any atom is 0.0811 e. The summed E-state index contributed by atoms with van der Waals surface area (Å²) in [5.41, 5.74) is 5.76. The largest absolute Gasteiger partial charge is 0.393 e. The van der Waals surface area contributed by atoms with E-state index in [4.69, 9.17) is 4.84 Å². The number of nitrogens with one attached hydrogen (secondary N) is 1. The van der Waals surface area contributed by atoms with Crippen LogP contribution in [0.1, 0.15) is 65.7 Å². The Bertz CT molecular complexity index is 574. The first-order valence-electron chi connectivity index (χ1n) is 10.2. The van der Waals surface area contributed by atoms with E-state index in [-0.39, 0.29) is 6.10 Å². The van der Waals surface area contributed by atoms with Gasteiger partial charge in [-0.1, -0.05) is 25.5 Å². The van der Waals surface area contributed by atoms with E-state index in [9.17, 15) is 5.11 Å². The third-order valence-electron chi connectivity index (χ3n) is 9.13. The molecule has 5 aliphatic rings. The van der Waals surface area contributed by atoms with Crippen molar-refractivity contribution in [1.82, 2.24) is 5.48 Å². The first-order chi connectivity index (χ1) is 11.4. The summed E-state index contributed by atoms with van der Waals surface area (Å²) < 4.78 is 0. The third-order valence-corrected chi connectivity index (χ3v) is 9.13. The van der Waals surface area contributed by atoms with Gasteiger partial charge in [0, 0.05) is 12.0 Å². The molecule has 3 heteroatoms. The molecule has 24 heavy (non-hydrogen) atoms. The molecule has 4 fully saturated rings. The number of hydrogen-bond donors (Lipinski definition) is 2. The van der Waals surface area contributed by atoms with Crippen molar-refractivity contribution in [3.63, 3.8) is 0 Å². The monoisotopic (exact) mass is 331 g/mol. The molecular formula is C21H33NO2. The van der Waals surface area contributed by atoms with E-state index in [0.29, 0.717) is 28.9 Å². The lowest BCUT2D eigenvalue weighted by Crippen LogP contribution is -2.51. The van der Waals surface area contributed by atoms with Gasteiger partial charge in [0.05, 0.1) is 12.2 Å². The van der Waals surface area contributed by atoms with Crippen LogP contribution in [0, 0.1) is 34.5 Å². The lowest BCUT2D eigenvalue weighted by atomic mass is 9.47. The maximum atomic E-state index is 10.1. The van der Waals surface area contributed by atoms with Crippen molar-refractivity contribution >= 4 is 0 Å². The van der Waals surface area contributed by atoms with Gasteiger partial charge in [0.15, 0.2) is 0 Å². The number of aliphatic hydroxyl groups is 1. The predicted molar refractivity (Wildman–Crippen MR) is 94.1 cm³/mol. The topological polar surface area (TPSA) is 41.5 Å². The second-order valence-electron chi connectivity index (χ2n) is 10.0. The van der Waals surface area contributed by atoms with Crippen LogP contribution < -0.4 is 5.48 Å². The molecule has 1 aliphatic heterocycles. The summed E-state index contributed by atoms with van der Waals surface area (Å²) in [4.78, 5) is 5.80. The quantitative estimate of drug-likeness (QED) is 0.663. The second-order valence-corrected chi connectivity index (χ2v) is 10.0. The van der Waals surface area contributed by atoms with Crippen LogP contribution in [0.3, 0.4) is 0 Å². The molecule has 0 aromatic carbocycles. The molecule has 0 radical (unpaired) electrons. The van der Waals surface area contributed by atoms with Crippen molar-refractivity contribution in [2.75, 3.05) is 0 Å². The number of aliphatic hydroxyl groups excluding tert-OH is 1. The van der Waals surface area contributed by atoms with E-state index >= 15 is 0 Å². The molecule has 0 bridgehead atoms. The zero-order chi connectivity index (χ0) is 16.7. The SMILES string of the molecule is C[C@H]1ON[C@@H]2C[C@H]3[C@@H]4CC=C5C[C@@H](O)CC[C@]5(C)[C@H]4CC[C@]3(C)[C@@H]21. The number of hydrogen-bond acceptors (Lipinski definition) is 3. The third kappa shape index (κ3) is 1.90. The van der Waals surface area contributed by atoms with Gasteiger partial charge in [0.1, 0.15) is 0 Å². The van der Waals surface area contributed by atoms with Gasteiger partial charge in [-0.05, 0) is 80.5 Å². The first-order valence-corrected chi connectivity index (χ1v) is 10.2. The molecule has 0 unspecified atom stereocenters. The summed E-state index contributed by atoms with van der Waals surface area (Å²) in [7, 11) is 0. The van der Waals surface area contributed by atoms with E-state index in [2.05, 4.69) is 32.3 Å². The minimum Gasteiger partial charge on any atom is -0.393 e. The molecule has 3 nitrogen and oxygen atoms in total. The fourth-order valence-corrected chi connectivity index (χ4v) is 7.98. The lowest BCUT2D eigenvalue weighted by Gasteiger charge is -2.58. The molecule has 4 aliphatic carbocycles. The van der Waals surface area contributed by atoms with Crippen molar-refractivity contribution in [3.05, 3.63) is 11.6 Å². The average Bonchev–Trinajstić information content (AvgIpc) is 3.06. The molecule has 0 amide bonds. The smallest absolute Gasteiger partial charge is 0.0811 e. The average molecular weight is 332 g/mol. The minimum atomic E-state index is -0.0947. The summed E-state index contributed by atoms with van der Waals surface area (Å²) in [6, 6.07) is 0.570. The molecule has 0 aromatic rings. The van der Waals surface area contributed by atoms with Gasteiger partial charge >= 0.3 is 0 Å². The Morgan fingerprint density at radius 1 is 1.21 bits per heavy atom. The van der Waals surface area contributed by atoms with Crippen LogP contribution in [-0.4, -0.2) is 23.4 Å². The van der Waals surface area contributed by atoms with Crippen LogP contribution in [0.4, 0.5) is 0 Å². The standard InChI is InChI=1S/C21H33NO2/c1-12-19-18(22-24-12)11-17-15-5-4-13-10-14(23)6-8-20(13,2)16(15)7-9-21(17,19)3/h4,12,14-19,22-23H,5-11H2,1-3H3/t12-,14+,15-,16+,17+,18-,19-,20+,21+/m1/s1. The summed E-state index contributed by atoms with van der Waals surface area (Å²) in [5, 5.41) is 10.1. The molecule has 1 heterocycles. The highest BCUT2D eigenvalue weighted by molar-refractivity contribution is 5.26. The predicted octanol–water partition coefficient (Wildman–Crippen LogP) is 3.83. The Balaban J connectivity index is 1.49. The van der Waals surface area contributed by atoms with E-state index in [0.717, 1.165) is 30.6 Å². The summed E-state index contributed by atoms with van der Waals surface area (Å²) in [5.74, 6) is 3.20. The van der Waals surface area contributed by atoms with Gasteiger partial charge in [0.2, 0.25) is 0 Å². The van der Waals surface area contributed by atoms with Crippen LogP contribution >= 0.6 is 0 Å². The Kier molecular flexibility index (Phi) is 3.35. The van der Waals surface area contributed by atoms with Gasteiger partial charge in [-0.25, -0.2) is 0 Å². The van der Waals surface area contributed by atoms with Crippen LogP contribution in [0.25, 0.3) is 0 Å². The van der Waals surface area contributed by atoms with Gasteiger partial charge in [-0.2, -0.15) is 5.48 Å². The lowest BCUT2D eigenvalue weighted by molar-refractivity contribution is -0.0750. The van der Waals surface area contributed by atoms with E-state index < -0.39 is 0 Å². The van der Waals surface area contributed by atoms with E-state index in [1.165, 1.54) is 32.1 Å². The van der Waals surface area contributed by atoms with Crippen LogP contribution in [0.2, 0.25) is 0 Å². The summed E-state index contributed by atoms with van der Waals surface area (Å²) in [6.45, 7) is 7.35. The van der Waals surface area contributed by atoms with Crippen molar-refractivity contribution in [3.8, 4) is 0 Å². The summed E-state index contributed by atoms with van der Waals surface area (Å²) >= 11 is 0. The normalized spacial score (nSPS) is 59.2. The minimum absolute atomic E-state index is 0.0947. The molecule has 0 aromatic heterocycles. The highest BCUT2D eigenvalue weighted by Gasteiger charge is 2.63. The Morgan fingerprint density at radius 3 is 2.88 bits per heavy atom. The molecule has 0 spiro atoms. The Labute approximate surface area is 146 Å². The number of allylic oxidation sites excluding steroid dienone is 1. The molecule has 3 saturated carbocycles. The highest BCUT2D eigenvalue weighted by Crippen LogP contribution is 2.67. The van der Waals surface area contributed by atoms with Crippen LogP contribution in [0.5, 0.6) is 0 Å². The molecule has 134 valence electrons. The fraction of sp³-hybridized carbons (Fsp3) is 0.905. The van der Waals surface area contributed by atoms with Crippen LogP contribution in [-0.2, 0) is 4.84 Å². The second kappa shape index (κ2) is 5.08. The van der Waals surface area contributed by atoms with Crippen molar-refractivity contribution < 1.29 is 9.94 Å². The van der Waals surface area contributed by atoms with Crippen molar-refractivity contribution in [1.29, 1.82) is 0 Å². The number of fused-ring (bicyclic) bond motifs is 7. The molecular weight excluding hydrogens is 298 g/mol. The van der Waals surface area contributed by atoms with Crippen LogP contribution in [0.15, 0.2) is 11.6 Å². The Morgan fingerprint density at radius 2 is 2.04 bits per heavy atom. The number of rotatable bonds is 0. The maximum absolute atomic E-state index is 10.1. The zero-order valence-corrected chi connectivity index (χ0v) is 15.4. The molecule has 2 N–H and O–H groups in total. The highest BCUT2D eigenvalue weighted by atomic mass is 16.7.